The summed E-state index contributed by atoms with van der Waals surface area (Å²) in [5.74, 6) is -0.0163. The van der Waals surface area contributed by atoms with Crippen molar-refractivity contribution in [1.82, 2.24) is 9.88 Å². The molecule has 1 atom stereocenters. The highest BCUT2D eigenvalue weighted by Gasteiger charge is 2.24. The van der Waals surface area contributed by atoms with Crippen LogP contribution in [-0.2, 0) is 0 Å². The molecule has 2 heterocycles. The van der Waals surface area contributed by atoms with E-state index in [-0.39, 0.29) is 5.91 Å². The number of aromatic nitrogens is 1. The smallest absolute Gasteiger partial charge is 0.254 e. The van der Waals surface area contributed by atoms with Crippen LogP contribution in [0.4, 0.5) is 0 Å². The van der Waals surface area contributed by atoms with Crippen LogP contribution in [0.1, 0.15) is 23.2 Å². The maximum Gasteiger partial charge on any atom is 0.254 e. The number of amides is 1. The van der Waals surface area contributed by atoms with E-state index < -0.39 is 6.10 Å². The van der Waals surface area contributed by atoms with Crippen LogP contribution in [0.2, 0.25) is 0 Å². The molecule has 1 saturated heterocycles. The second kappa shape index (κ2) is 4.97. The van der Waals surface area contributed by atoms with Gasteiger partial charge in [-0.25, -0.2) is 0 Å². The predicted molar refractivity (Wildman–Crippen MR) is 72.9 cm³/mol. The van der Waals surface area contributed by atoms with E-state index in [9.17, 15) is 9.90 Å². The molecular formula is C15H16N2O2. The predicted octanol–water partition coefficient (Wildman–Crippen LogP) is 1.83. The van der Waals surface area contributed by atoms with Crippen molar-refractivity contribution in [1.29, 1.82) is 0 Å². The van der Waals surface area contributed by atoms with E-state index >= 15 is 0 Å². The molecule has 1 aliphatic heterocycles. The van der Waals surface area contributed by atoms with Gasteiger partial charge in [-0.15, -0.1) is 0 Å². The lowest BCUT2D eigenvalue weighted by Gasteiger charge is -2.30. The van der Waals surface area contributed by atoms with E-state index in [4.69, 9.17) is 0 Å². The van der Waals surface area contributed by atoms with Crippen molar-refractivity contribution in [2.45, 2.75) is 18.9 Å². The summed E-state index contributed by atoms with van der Waals surface area (Å²) in [4.78, 5) is 18.5. The van der Waals surface area contributed by atoms with Crippen molar-refractivity contribution in [3.63, 3.8) is 0 Å². The molecule has 0 saturated carbocycles. The Hall–Kier alpha value is -1.94. The normalized spacial score (nSPS) is 19.6. The number of nitrogens with zero attached hydrogens (tertiary/aromatic N) is 2. The van der Waals surface area contributed by atoms with Crippen molar-refractivity contribution in [2.24, 2.45) is 0 Å². The van der Waals surface area contributed by atoms with Crippen LogP contribution in [0, 0.1) is 0 Å². The van der Waals surface area contributed by atoms with Crippen molar-refractivity contribution >= 4 is 16.8 Å². The molecule has 0 unspecified atom stereocenters. The van der Waals surface area contributed by atoms with Gasteiger partial charge < -0.3 is 10.0 Å². The molecule has 3 rings (SSSR count). The number of benzene rings is 1. The summed E-state index contributed by atoms with van der Waals surface area (Å²) in [7, 11) is 0. The first-order valence-corrected chi connectivity index (χ1v) is 6.57. The van der Waals surface area contributed by atoms with Crippen LogP contribution in [-0.4, -0.2) is 40.1 Å². The maximum atomic E-state index is 12.5. The lowest BCUT2D eigenvalue weighted by atomic mass is 10.0. The SMILES string of the molecule is O=C(c1ccnc2ccccc12)N1CCC[C@H](O)C1. The summed E-state index contributed by atoms with van der Waals surface area (Å²) in [6.07, 6.45) is 2.90. The van der Waals surface area contributed by atoms with Gasteiger partial charge in [0.1, 0.15) is 0 Å². The number of β-amino-alcohol motifs (C(OH)–C–C–N with tert-alkyl or cyclic N) is 1. The largest absolute Gasteiger partial charge is 0.391 e. The molecule has 4 nitrogen and oxygen atoms in total. The Balaban J connectivity index is 1.97. The molecule has 4 heteroatoms. The molecule has 1 amide bonds. The molecule has 1 fully saturated rings. The quantitative estimate of drug-likeness (QED) is 0.847. The first-order chi connectivity index (χ1) is 9.25. The number of aliphatic hydroxyl groups is 1. The number of carbonyl (C=O) groups is 1. The van der Waals surface area contributed by atoms with Gasteiger partial charge in [0.2, 0.25) is 0 Å². The topological polar surface area (TPSA) is 53.4 Å². The molecule has 2 aromatic rings. The number of fused-ring (bicyclic) bond motifs is 1. The Morgan fingerprint density at radius 3 is 3.00 bits per heavy atom. The van der Waals surface area contributed by atoms with Gasteiger partial charge in [0.05, 0.1) is 17.2 Å². The lowest BCUT2D eigenvalue weighted by molar-refractivity contribution is 0.0475. The van der Waals surface area contributed by atoms with Crippen molar-refractivity contribution < 1.29 is 9.90 Å². The van der Waals surface area contributed by atoms with Gasteiger partial charge in [-0.1, -0.05) is 18.2 Å². The van der Waals surface area contributed by atoms with Gasteiger partial charge in [-0.2, -0.15) is 0 Å². The zero-order chi connectivity index (χ0) is 13.2. The molecule has 1 aromatic heterocycles. The fourth-order valence-corrected chi connectivity index (χ4v) is 2.59. The van der Waals surface area contributed by atoms with Crippen molar-refractivity contribution in [3.8, 4) is 0 Å². The summed E-state index contributed by atoms with van der Waals surface area (Å²) in [5.41, 5.74) is 1.49. The highest BCUT2D eigenvalue weighted by molar-refractivity contribution is 6.05. The highest BCUT2D eigenvalue weighted by atomic mass is 16.3. The van der Waals surface area contributed by atoms with Crippen LogP contribution in [0.25, 0.3) is 10.9 Å². The van der Waals surface area contributed by atoms with Gasteiger partial charge in [0.25, 0.3) is 5.91 Å². The monoisotopic (exact) mass is 256 g/mol. The fourth-order valence-electron chi connectivity index (χ4n) is 2.59. The third kappa shape index (κ3) is 2.31. The highest BCUT2D eigenvalue weighted by Crippen LogP contribution is 2.20. The van der Waals surface area contributed by atoms with Gasteiger partial charge in [-0.3, -0.25) is 9.78 Å². The van der Waals surface area contributed by atoms with Crippen LogP contribution >= 0.6 is 0 Å². The summed E-state index contributed by atoms with van der Waals surface area (Å²) < 4.78 is 0. The van der Waals surface area contributed by atoms with E-state index in [1.807, 2.05) is 24.3 Å². The minimum absolute atomic E-state index is 0.0163. The zero-order valence-corrected chi connectivity index (χ0v) is 10.6. The van der Waals surface area contributed by atoms with Gasteiger partial charge >= 0.3 is 0 Å². The standard InChI is InChI=1S/C15H16N2O2/c18-11-4-3-9-17(10-11)15(19)13-7-8-16-14-6-2-1-5-12(13)14/h1-2,5-8,11,18H,3-4,9-10H2/t11-/m0/s1. The van der Waals surface area contributed by atoms with Crippen LogP contribution < -0.4 is 0 Å². The average Bonchev–Trinajstić information content (AvgIpc) is 2.46. The average molecular weight is 256 g/mol. The molecule has 1 aliphatic rings. The summed E-state index contributed by atoms with van der Waals surface area (Å²) in [5, 5.41) is 10.6. The molecule has 19 heavy (non-hydrogen) atoms. The number of hydrogen-bond acceptors (Lipinski definition) is 3. The number of hydrogen-bond donors (Lipinski definition) is 1. The van der Waals surface area contributed by atoms with E-state index in [1.165, 1.54) is 0 Å². The first kappa shape index (κ1) is 12.1. The molecular weight excluding hydrogens is 240 g/mol. The summed E-state index contributed by atoms with van der Waals surface area (Å²) >= 11 is 0. The minimum atomic E-state index is -0.397. The number of piperidine rings is 1. The molecule has 98 valence electrons. The summed E-state index contributed by atoms with van der Waals surface area (Å²) in [6, 6.07) is 9.39. The number of carbonyl (C=O) groups excluding carboxylic acids is 1. The Labute approximate surface area is 111 Å². The minimum Gasteiger partial charge on any atom is -0.391 e. The Kier molecular flexibility index (Phi) is 3.17. The second-order valence-corrected chi connectivity index (χ2v) is 4.92. The number of aliphatic hydroxyl groups excluding tert-OH is 1. The Bertz CT molecular complexity index is 607. The molecule has 0 bridgehead atoms. The van der Waals surface area contributed by atoms with Crippen LogP contribution in [0.15, 0.2) is 36.5 Å². The van der Waals surface area contributed by atoms with E-state index in [2.05, 4.69) is 4.98 Å². The van der Waals surface area contributed by atoms with Gasteiger partial charge in [0, 0.05) is 24.7 Å². The van der Waals surface area contributed by atoms with E-state index in [0.717, 1.165) is 23.7 Å². The lowest BCUT2D eigenvalue weighted by Crippen LogP contribution is -2.42. The molecule has 1 N–H and O–H groups in total. The molecule has 0 spiro atoms. The Morgan fingerprint density at radius 2 is 2.16 bits per heavy atom. The summed E-state index contributed by atoms with van der Waals surface area (Å²) in [6.45, 7) is 1.14. The van der Waals surface area contributed by atoms with Crippen LogP contribution in [0.5, 0.6) is 0 Å². The third-order valence-corrected chi connectivity index (χ3v) is 3.56. The van der Waals surface area contributed by atoms with Crippen molar-refractivity contribution in [3.05, 3.63) is 42.1 Å². The third-order valence-electron chi connectivity index (χ3n) is 3.56. The molecule has 0 aliphatic carbocycles. The molecule has 1 aromatic carbocycles. The van der Waals surface area contributed by atoms with Crippen LogP contribution in [0.3, 0.4) is 0 Å². The second-order valence-electron chi connectivity index (χ2n) is 4.92. The number of pyridine rings is 1. The first-order valence-electron chi connectivity index (χ1n) is 6.57. The number of likely N-dealkylation sites (tertiary alicyclic amines) is 1. The van der Waals surface area contributed by atoms with E-state index in [0.29, 0.717) is 18.7 Å². The maximum absolute atomic E-state index is 12.5. The van der Waals surface area contributed by atoms with Gasteiger partial charge in [0.15, 0.2) is 0 Å². The fraction of sp³-hybridized carbons (Fsp3) is 0.333. The Morgan fingerprint density at radius 1 is 1.32 bits per heavy atom. The number of rotatable bonds is 1. The van der Waals surface area contributed by atoms with E-state index in [1.54, 1.807) is 17.2 Å². The number of para-hydroxylation sites is 1. The van der Waals surface area contributed by atoms with Crippen molar-refractivity contribution in [2.75, 3.05) is 13.1 Å². The zero-order valence-electron chi connectivity index (χ0n) is 10.6. The molecule has 0 radical (unpaired) electrons. The van der Waals surface area contributed by atoms with Gasteiger partial charge in [-0.05, 0) is 25.0 Å².